The highest BCUT2D eigenvalue weighted by molar-refractivity contribution is 8.07. The van der Waals surface area contributed by atoms with Crippen molar-refractivity contribution < 1.29 is 9.53 Å². The second kappa shape index (κ2) is 5.83. The fourth-order valence-corrected chi connectivity index (χ4v) is 4.56. The van der Waals surface area contributed by atoms with Crippen LogP contribution in [0.25, 0.3) is 0 Å². The molecule has 92 valence electrons. The van der Waals surface area contributed by atoms with Gasteiger partial charge in [0, 0.05) is 22.3 Å². The average Bonchev–Trinajstić information content (AvgIpc) is 2.39. The molecule has 1 saturated heterocycles. The molecule has 0 aliphatic carbocycles. The Labute approximate surface area is 111 Å². The molecular formula is C13H16O2S2. The first-order chi connectivity index (χ1) is 8.22. The topological polar surface area (TPSA) is 26.3 Å². The molecule has 0 spiro atoms. The maximum atomic E-state index is 12.3. The normalized spacial score (nSPS) is 24.4. The van der Waals surface area contributed by atoms with Gasteiger partial charge in [-0.2, -0.15) is 11.8 Å². The number of carbonyl (C=O) groups is 1. The van der Waals surface area contributed by atoms with Gasteiger partial charge >= 0.3 is 0 Å². The highest BCUT2D eigenvalue weighted by Gasteiger charge is 2.29. The number of rotatable bonds is 3. The molecule has 2 atom stereocenters. The van der Waals surface area contributed by atoms with Crippen molar-refractivity contribution in [2.45, 2.75) is 17.4 Å². The van der Waals surface area contributed by atoms with Gasteiger partial charge in [-0.15, -0.1) is 11.8 Å². The smallest absolute Gasteiger partial charge is 0.176 e. The van der Waals surface area contributed by atoms with Crippen molar-refractivity contribution in [1.29, 1.82) is 0 Å². The summed E-state index contributed by atoms with van der Waals surface area (Å²) in [6.45, 7) is 2.14. The van der Waals surface area contributed by atoms with Crippen LogP contribution in [0.4, 0.5) is 0 Å². The molecule has 0 amide bonds. The lowest BCUT2D eigenvalue weighted by Crippen LogP contribution is -2.31. The minimum Gasteiger partial charge on any atom is -0.497 e. The van der Waals surface area contributed by atoms with Crippen molar-refractivity contribution >= 4 is 29.3 Å². The number of benzene rings is 1. The fourth-order valence-electron chi connectivity index (χ4n) is 1.84. The van der Waals surface area contributed by atoms with Gasteiger partial charge in [0.2, 0.25) is 0 Å². The number of Topliss-reactive ketones (excluding diaryl/α,β-unsaturated/α-hetero) is 1. The number of hydrogen-bond donors (Lipinski definition) is 0. The van der Waals surface area contributed by atoms with Gasteiger partial charge in [-0.3, -0.25) is 4.79 Å². The number of hydrogen-bond acceptors (Lipinski definition) is 4. The second-order valence-corrected chi connectivity index (χ2v) is 6.69. The molecule has 2 nitrogen and oxygen atoms in total. The Bertz CT molecular complexity index is 389. The van der Waals surface area contributed by atoms with E-state index in [1.807, 2.05) is 36.0 Å². The number of methoxy groups -OCH3 is 1. The van der Waals surface area contributed by atoms with E-state index >= 15 is 0 Å². The standard InChI is InChI=1S/C13H16O2S2/c1-9-13(17-8-7-16-9)12(14)10-3-5-11(15-2)6-4-10/h3-6,9,13H,7-8H2,1-2H3. The van der Waals surface area contributed by atoms with Gasteiger partial charge < -0.3 is 4.74 Å². The summed E-state index contributed by atoms with van der Waals surface area (Å²) in [5.74, 6) is 3.26. The first-order valence-electron chi connectivity index (χ1n) is 5.64. The summed E-state index contributed by atoms with van der Waals surface area (Å²) in [6.07, 6.45) is 0. The van der Waals surface area contributed by atoms with Crippen LogP contribution < -0.4 is 4.74 Å². The Morgan fingerprint density at radius 3 is 2.47 bits per heavy atom. The quantitative estimate of drug-likeness (QED) is 0.787. The van der Waals surface area contributed by atoms with Crippen molar-refractivity contribution in [2.75, 3.05) is 18.6 Å². The molecule has 1 aromatic rings. The predicted molar refractivity (Wildman–Crippen MR) is 75.5 cm³/mol. The van der Waals surface area contributed by atoms with E-state index in [1.54, 1.807) is 18.9 Å². The Morgan fingerprint density at radius 2 is 1.88 bits per heavy atom. The number of ether oxygens (including phenoxy) is 1. The zero-order valence-electron chi connectivity index (χ0n) is 10.0. The molecule has 0 radical (unpaired) electrons. The van der Waals surface area contributed by atoms with Crippen LogP contribution in [0.3, 0.4) is 0 Å². The fraction of sp³-hybridized carbons (Fsp3) is 0.462. The summed E-state index contributed by atoms with van der Waals surface area (Å²) >= 11 is 3.67. The molecule has 4 heteroatoms. The molecular weight excluding hydrogens is 252 g/mol. The Balaban J connectivity index is 2.12. The molecule has 1 aromatic carbocycles. The molecule has 1 fully saturated rings. The molecule has 2 unspecified atom stereocenters. The van der Waals surface area contributed by atoms with Crippen LogP contribution in [-0.4, -0.2) is 34.9 Å². The Kier molecular flexibility index (Phi) is 4.40. The van der Waals surface area contributed by atoms with Gasteiger partial charge in [-0.1, -0.05) is 6.92 Å². The van der Waals surface area contributed by atoms with E-state index in [9.17, 15) is 4.79 Å². The molecule has 0 saturated carbocycles. The highest BCUT2D eigenvalue weighted by Crippen LogP contribution is 2.33. The van der Waals surface area contributed by atoms with E-state index in [1.165, 1.54) is 0 Å². The lowest BCUT2D eigenvalue weighted by atomic mass is 10.1. The van der Waals surface area contributed by atoms with Crippen molar-refractivity contribution in [3.63, 3.8) is 0 Å². The third-order valence-corrected chi connectivity index (χ3v) is 5.91. The molecule has 17 heavy (non-hydrogen) atoms. The monoisotopic (exact) mass is 268 g/mol. The van der Waals surface area contributed by atoms with Crippen LogP contribution in [-0.2, 0) is 0 Å². The first-order valence-corrected chi connectivity index (χ1v) is 7.73. The molecule has 1 aliphatic heterocycles. The molecule has 2 rings (SSSR count). The van der Waals surface area contributed by atoms with Crippen LogP contribution in [0.15, 0.2) is 24.3 Å². The Hall–Kier alpha value is -0.610. The predicted octanol–water partition coefficient (Wildman–Crippen LogP) is 3.12. The summed E-state index contributed by atoms with van der Waals surface area (Å²) < 4.78 is 5.09. The lowest BCUT2D eigenvalue weighted by Gasteiger charge is -2.26. The third-order valence-electron chi connectivity index (χ3n) is 2.82. The summed E-state index contributed by atoms with van der Waals surface area (Å²) in [7, 11) is 1.63. The van der Waals surface area contributed by atoms with Gasteiger partial charge in [0.05, 0.1) is 12.4 Å². The van der Waals surface area contributed by atoms with Crippen LogP contribution >= 0.6 is 23.5 Å². The van der Waals surface area contributed by atoms with Crippen molar-refractivity contribution in [3.8, 4) is 5.75 Å². The molecule has 1 aliphatic rings. The molecule has 0 N–H and O–H groups in total. The van der Waals surface area contributed by atoms with Gasteiger partial charge in [-0.05, 0) is 24.3 Å². The van der Waals surface area contributed by atoms with Gasteiger partial charge in [-0.25, -0.2) is 0 Å². The van der Waals surface area contributed by atoms with Gasteiger partial charge in [0.15, 0.2) is 5.78 Å². The van der Waals surface area contributed by atoms with Crippen molar-refractivity contribution in [1.82, 2.24) is 0 Å². The van der Waals surface area contributed by atoms with Gasteiger partial charge in [0.25, 0.3) is 0 Å². The average molecular weight is 268 g/mol. The maximum absolute atomic E-state index is 12.3. The summed E-state index contributed by atoms with van der Waals surface area (Å²) in [5, 5.41) is 0.505. The molecule has 0 bridgehead atoms. The van der Waals surface area contributed by atoms with Crippen LogP contribution in [0.5, 0.6) is 5.75 Å². The first kappa shape index (κ1) is 12.8. The lowest BCUT2D eigenvalue weighted by molar-refractivity contribution is 0.0989. The zero-order chi connectivity index (χ0) is 12.3. The van der Waals surface area contributed by atoms with Crippen LogP contribution in [0.2, 0.25) is 0 Å². The number of carbonyl (C=O) groups excluding carboxylic acids is 1. The second-order valence-electron chi connectivity index (χ2n) is 3.96. The van der Waals surface area contributed by atoms with E-state index in [2.05, 4.69) is 6.92 Å². The van der Waals surface area contributed by atoms with E-state index in [-0.39, 0.29) is 11.0 Å². The SMILES string of the molecule is COc1ccc(C(=O)C2SCCSC2C)cc1. The van der Waals surface area contributed by atoms with E-state index < -0.39 is 0 Å². The molecule has 1 heterocycles. The minimum atomic E-state index is 0.0992. The molecule has 0 aromatic heterocycles. The number of ketones is 1. The van der Waals surface area contributed by atoms with E-state index in [4.69, 9.17) is 4.74 Å². The Morgan fingerprint density at radius 1 is 1.24 bits per heavy atom. The van der Waals surface area contributed by atoms with Crippen molar-refractivity contribution in [2.24, 2.45) is 0 Å². The maximum Gasteiger partial charge on any atom is 0.176 e. The van der Waals surface area contributed by atoms with Crippen LogP contribution in [0.1, 0.15) is 17.3 Å². The largest absolute Gasteiger partial charge is 0.497 e. The minimum absolute atomic E-state index is 0.0992. The summed E-state index contributed by atoms with van der Waals surface area (Å²) in [4.78, 5) is 12.3. The highest BCUT2D eigenvalue weighted by atomic mass is 32.2. The zero-order valence-corrected chi connectivity index (χ0v) is 11.6. The van der Waals surface area contributed by atoms with Gasteiger partial charge in [0.1, 0.15) is 5.75 Å². The summed E-state index contributed by atoms with van der Waals surface area (Å²) in [6, 6.07) is 7.40. The van der Waals surface area contributed by atoms with E-state index in [0.29, 0.717) is 5.25 Å². The summed E-state index contributed by atoms with van der Waals surface area (Å²) in [5.41, 5.74) is 0.789. The number of thioether (sulfide) groups is 2. The van der Waals surface area contributed by atoms with Crippen LogP contribution in [0, 0.1) is 0 Å². The third kappa shape index (κ3) is 2.99. The van der Waals surface area contributed by atoms with Crippen molar-refractivity contribution in [3.05, 3.63) is 29.8 Å². The van der Waals surface area contributed by atoms with E-state index in [0.717, 1.165) is 22.8 Å².